The van der Waals surface area contributed by atoms with Crippen LogP contribution >= 0.6 is 11.7 Å². The number of aryl methyl sites for hydroxylation is 1. The Bertz CT molecular complexity index is 796. The zero-order valence-electron chi connectivity index (χ0n) is 12.0. The van der Waals surface area contributed by atoms with Crippen molar-refractivity contribution in [1.29, 1.82) is 0 Å². The van der Waals surface area contributed by atoms with Gasteiger partial charge in [0, 0.05) is 6.20 Å². The summed E-state index contributed by atoms with van der Waals surface area (Å²) < 4.78 is 9.96. The largest absolute Gasteiger partial charge is 0.305 e. The number of hydrogen-bond donors (Lipinski definition) is 1. The van der Waals surface area contributed by atoms with Crippen LogP contribution in [0.4, 0.5) is 5.82 Å². The van der Waals surface area contributed by atoms with Crippen LogP contribution in [0.5, 0.6) is 0 Å². The average molecular weight is 315 g/mol. The zero-order valence-corrected chi connectivity index (χ0v) is 12.8. The smallest absolute Gasteiger partial charge is 0.279 e. The van der Waals surface area contributed by atoms with E-state index in [9.17, 15) is 4.79 Å². The van der Waals surface area contributed by atoms with Gasteiger partial charge >= 0.3 is 0 Å². The molecule has 112 valence electrons. The predicted molar refractivity (Wildman–Crippen MR) is 80.7 cm³/mol. The third-order valence-electron chi connectivity index (χ3n) is 3.15. The van der Waals surface area contributed by atoms with E-state index in [-0.39, 0.29) is 11.6 Å². The van der Waals surface area contributed by atoms with E-state index in [1.54, 1.807) is 36.0 Å². The first-order valence-corrected chi connectivity index (χ1v) is 7.28. The van der Waals surface area contributed by atoms with Crippen LogP contribution < -0.4 is 5.32 Å². The molecule has 0 unspecified atom stereocenters. The number of amides is 1. The minimum absolute atomic E-state index is 0.270. The van der Waals surface area contributed by atoms with Crippen LogP contribution in [0.1, 0.15) is 27.6 Å². The predicted octanol–water partition coefficient (Wildman–Crippen LogP) is 1.44. The highest BCUT2D eigenvalue weighted by Crippen LogP contribution is 2.11. The second-order valence-electron chi connectivity index (χ2n) is 4.65. The topological polar surface area (TPSA) is 98.5 Å². The molecule has 0 atom stereocenters. The maximum Gasteiger partial charge on any atom is 0.279 e. The highest BCUT2D eigenvalue weighted by molar-refractivity contribution is 6.99. The SMILES string of the molecule is Cc1nsnc1Cn1nnc(C(=O)Nc2ccccn2)c1C. The van der Waals surface area contributed by atoms with Gasteiger partial charge in [-0.25, -0.2) is 9.67 Å². The fourth-order valence-electron chi connectivity index (χ4n) is 1.87. The van der Waals surface area contributed by atoms with Crippen molar-refractivity contribution in [2.45, 2.75) is 20.4 Å². The molecule has 3 aromatic rings. The molecule has 0 aromatic carbocycles. The number of nitrogens with one attached hydrogen (secondary N) is 1. The first kappa shape index (κ1) is 14.3. The normalized spacial score (nSPS) is 10.6. The molecule has 3 heterocycles. The van der Waals surface area contributed by atoms with Crippen LogP contribution in [0, 0.1) is 13.8 Å². The molecule has 0 saturated carbocycles. The molecule has 0 spiro atoms. The average Bonchev–Trinajstić information content (AvgIpc) is 3.08. The summed E-state index contributed by atoms with van der Waals surface area (Å²) in [6.07, 6.45) is 1.61. The molecule has 0 saturated heterocycles. The van der Waals surface area contributed by atoms with E-state index in [4.69, 9.17) is 0 Å². The van der Waals surface area contributed by atoms with Crippen molar-refractivity contribution in [3.05, 3.63) is 47.2 Å². The van der Waals surface area contributed by atoms with E-state index < -0.39 is 0 Å². The molecule has 0 bridgehead atoms. The third kappa shape index (κ3) is 2.84. The second-order valence-corrected chi connectivity index (χ2v) is 5.17. The molecule has 9 heteroatoms. The molecule has 22 heavy (non-hydrogen) atoms. The molecule has 0 fully saturated rings. The van der Waals surface area contributed by atoms with Gasteiger partial charge in [-0.15, -0.1) is 5.10 Å². The Morgan fingerprint density at radius 2 is 2.18 bits per heavy atom. The summed E-state index contributed by atoms with van der Waals surface area (Å²) in [5.41, 5.74) is 2.63. The molecule has 1 N–H and O–H groups in total. The van der Waals surface area contributed by atoms with Crippen LogP contribution in [-0.4, -0.2) is 34.6 Å². The number of anilines is 1. The van der Waals surface area contributed by atoms with Crippen molar-refractivity contribution < 1.29 is 4.79 Å². The van der Waals surface area contributed by atoms with E-state index >= 15 is 0 Å². The summed E-state index contributed by atoms with van der Waals surface area (Å²) >= 11 is 1.16. The number of carbonyl (C=O) groups excluding carboxylic acids is 1. The molecular weight excluding hydrogens is 302 g/mol. The summed E-state index contributed by atoms with van der Waals surface area (Å²) in [6.45, 7) is 4.13. The number of rotatable bonds is 4. The van der Waals surface area contributed by atoms with Gasteiger partial charge in [0.1, 0.15) is 5.82 Å². The van der Waals surface area contributed by atoms with Crippen LogP contribution in [0.15, 0.2) is 24.4 Å². The van der Waals surface area contributed by atoms with Crippen molar-refractivity contribution in [3.8, 4) is 0 Å². The van der Waals surface area contributed by atoms with Gasteiger partial charge in [-0.05, 0) is 26.0 Å². The Morgan fingerprint density at radius 1 is 1.32 bits per heavy atom. The molecule has 0 aliphatic heterocycles. The molecular formula is C13H13N7OS. The van der Waals surface area contributed by atoms with Crippen molar-refractivity contribution >= 4 is 23.5 Å². The molecule has 1 amide bonds. The van der Waals surface area contributed by atoms with Gasteiger partial charge in [-0.3, -0.25) is 4.79 Å². The lowest BCUT2D eigenvalue weighted by Crippen LogP contribution is -2.15. The van der Waals surface area contributed by atoms with Crippen LogP contribution in [0.25, 0.3) is 0 Å². The van der Waals surface area contributed by atoms with Gasteiger partial charge in [-0.1, -0.05) is 11.3 Å². The zero-order chi connectivity index (χ0) is 15.5. The highest BCUT2D eigenvalue weighted by Gasteiger charge is 2.18. The highest BCUT2D eigenvalue weighted by atomic mass is 32.1. The molecule has 0 aliphatic carbocycles. The maximum atomic E-state index is 12.2. The second kappa shape index (κ2) is 5.98. The van der Waals surface area contributed by atoms with E-state index in [1.807, 2.05) is 6.92 Å². The summed E-state index contributed by atoms with van der Waals surface area (Å²) in [5.74, 6) is 0.136. The summed E-state index contributed by atoms with van der Waals surface area (Å²) in [4.78, 5) is 16.3. The van der Waals surface area contributed by atoms with Gasteiger partial charge in [0.05, 0.1) is 35.4 Å². The lowest BCUT2D eigenvalue weighted by molar-refractivity contribution is 0.102. The molecule has 0 aliphatic rings. The Labute approximate surface area is 130 Å². The molecule has 3 rings (SSSR count). The first-order valence-electron chi connectivity index (χ1n) is 6.55. The van der Waals surface area contributed by atoms with E-state index in [1.165, 1.54) is 0 Å². The van der Waals surface area contributed by atoms with Crippen molar-refractivity contribution in [1.82, 2.24) is 28.7 Å². The quantitative estimate of drug-likeness (QED) is 0.782. The molecule has 0 radical (unpaired) electrons. The van der Waals surface area contributed by atoms with E-state index in [2.05, 4.69) is 29.4 Å². The monoisotopic (exact) mass is 315 g/mol. The minimum atomic E-state index is -0.337. The van der Waals surface area contributed by atoms with Crippen LogP contribution in [0.2, 0.25) is 0 Å². The minimum Gasteiger partial charge on any atom is -0.305 e. The van der Waals surface area contributed by atoms with Gasteiger partial charge in [0.25, 0.3) is 5.91 Å². The molecule has 8 nitrogen and oxygen atoms in total. The van der Waals surface area contributed by atoms with E-state index in [0.717, 1.165) is 23.1 Å². The number of aromatic nitrogens is 6. The maximum absolute atomic E-state index is 12.2. The number of hydrogen-bond acceptors (Lipinski definition) is 7. The first-order chi connectivity index (χ1) is 10.6. The fourth-order valence-corrected chi connectivity index (χ4v) is 2.42. The standard InChI is InChI=1S/C13H13N7OS/c1-8-10(18-22-17-8)7-20-9(2)12(16-19-20)13(21)15-11-5-3-4-6-14-11/h3-6H,7H2,1-2H3,(H,14,15,21). The van der Waals surface area contributed by atoms with Crippen molar-refractivity contribution in [2.75, 3.05) is 5.32 Å². The lowest BCUT2D eigenvalue weighted by atomic mass is 10.3. The number of carbonyl (C=O) groups is 1. The Hall–Kier alpha value is -2.68. The Morgan fingerprint density at radius 3 is 2.86 bits per heavy atom. The van der Waals surface area contributed by atoms with Gasteiger partial charge in [0.2, 0.25) is 0 Å². The molecule has 3 aromatic heterocycles. The third-order valence-corrected chi connectivity index (χ3v) is 3.81. The van der Waals surface area contributed by atoms with Crippen molar-refractivity contribution in [3.63, 3.8) is 0 Å². The number of pyridine rings is 1. The van der Waals surface area contributed by atoms with Gasteiger partial charge < -0.3 is 5.32 Å². The van der Waals surface area contributed by atoms with E-state index in [0.29, 0.717) is 18.1 Å². The number of nitrogens with zero attached hydrogens (tertiary/aromatic N) is 6. The summed E-state index contributed by atoms with van der Waals surface area (Å²) in [5, 5.41) is 10.7. The Balaban J connectivity index is 1.78. The van der Waals surface area contributed by atoms with Gasteiger partial charge in [-0.2, -0.15) is 8.75 Å². The summed E-state index contributed by atoms with van der Waals surface area (Å²) in [6, 6.07) is 5.29. The van der Waals surface area contributed by atoms with Gasteiger partial charge in [0.15, 0.2) is 5.69 Å². The van der Waals surface area contributed by atoms with Crippen LogP contribution in [-0.2, 0) is 6.54 Å². The van der Waals surface area contributed by atoms with Crippen LogP contribution in [0.3, 0.4) is 0 Å². The fraction of sp³-hybridized carbons (Fsp3) is 0.231. The van der Waals surface area contributed by atoms with Crippen molar-refractivity contribution in [2.24, 2.45) is 0 Å². The Kier molecular flexibility index (Phi) is 3.88. The lowest BCUT2D eigenvalue weighted by Gasteiger charge is -2.03. The summed E-state index contributed by atoms with van der Waals surface area (Å²) in [7, 11) is 0.